The van der Waals surface area contributed by atoms with Crippen molar-refractivity contribution in [1.82, 2.24) is 0 Å². The fourth-order valence-electron chi connectivity index (χ4n) is 4.98. The van der Waals surface area contributed by atoms with Crippen molar-refractivity contribution in [2.45, 2.75) is 156 Å². The van der Waals surface area contributed by atoms with Gasteiger partial charge in [-0.15, -0.1) is 0 Å². The molecular weight excluding hydrogens is 386 g/mol. The molecule has 0 aliphatic rings. The summed E-state index contributed by atoms with van der Waals surface area (Å²) in [4.78, 5) is 0. The van der Waals surface area contributed by atoms with Crippen LogP contribution in [0.25, 0.3) is 0 Å². The van der Waals surface area contributed by atoms with Gasteiger partial charge < -0.3 is 0 Å². The Bertz CT molecular complexity index is 610. The minimum Gasteiger partial charge on any atom is -0.192 e. The summed E-state index contributed by atoms with van der Waals surface area (Å²) in [5.41, 5.74) is 4.58. The summed E-state index contributed by atoms with van der Waals surface area (Å²) in [6.07, 6.45) is 29.4. The van der Waals surface area contributed by atoms with Crippen molar-refractivity contribution in [1.29, 1.82) is 5.26 Å². The molecule has 0 amide bonds. The molecule has 0 heterocycles. The van der Waals surface area contributed by atoms with Gasteiger partial charge in [0.25, 0.3) is 0 Å². The Morgan fingerprint density at radius 1 is 0.562 bits per heavy atom. The van der Waals surface area contributed by atoms with Crippen LogP contribution in [0.5, 0.6) is 0 Å². The molecule has 0 fully saturated rings. The maximum Gasteiger partial charge on any atom is 0.0997 e. The molecule has 0 aromatic heterocycles. The second-order valence-corrected chi connectivity index (χ2v) is 10.2. The van der Waals surface area contributed by atoms with Crippen molar-refractivity contribution in [2.24, 2.45) is 0 Å². The third kappa shape index (κ3) is 14.7. The number of nitriles is 1. The van der Waals surface area contributed by atoms with E-state index in [1.165, 1.54) is 140 Å². The quantitative estimate of drug-likeness (QED) is 0.175. The van der Waals surface area contributed by atoms with E-state index in [1.807, 2.05) is 0 Å². The summed E-state index contributed by atoms with van der Waals surface area (Å²) >= 11 is 0. The molecule has 0 saturated heterocycles. The Morgan fingerprint density at radius 3 is 1.31 bits per heavy atom. The Hall–Kier alpha value is -1.29. The topological polar surface area (TPSA) is 23.8 Å². The van der Waals surface area contributed by atoms with Gasteiger partial charge in [0.15, 0.2) is 0 Å². The molecule has 1 aromatic carbocycles. The highest BCUT2D eigenvalue weighted by Gasteiger charge is 2.06. The molecule has 0 saturated carbocycles. The second kappa shape index (κ2) is 20.3. The largest absolute Gasteiger partial charge is 0.192 e. The van der Waals surface area contributed by atoms with E-state index in [2.05, 4.69) is 39.0 Å². The van der Waals surface area contributed by atoms with E-state index in [9.17, 15) is 5.26 Å². The number of hydrogen-bond acceptors (Lipinski definition) is 1. The van der Waals surface area contributed by atoms with Crippen LogP contribution >= 0.6 is 0 Å². The van der Waals surface area contributed by atoms with Crippen molar-refractivity contribution < 1.29 is 0 Å². The molecule has 0 atom stereocenters. The van der Waals surface area contributed by atoms with Gasteiger partial charge in [-0.05, 0) is 37.8 Å². The zero-order valence-corrected chi connectivity index (χ0v) is 22.0. The van der Waals surface area contributed by atoms with Crippen LogP contribution < -0.4 is 0 Å². The number of aryl methyl sites for hydroxylation is 3. The van der Waals surface area contributed by atoms with Crippen LogP contribution in [0.4, 0.5) is 0 Å². The molecule has 1 rings (SSSR count). The first-order valence-electron chi connectivity index (χ1n) is 14.2. The first-order valence-corrected chi connectivity index (χ1v) is 14.2. The molecule has 0 bridgehead atoms. The van der Waals surface area contributed by atoms with Crippen LogP contribution in [0, 0.1) is 25.2 Å². The lowest BCUT2D eigenvalue weighted by molar-refractivity contribution is 0.521. The summed E-state index contributed by atoms with van der Waals surface area (Å²) in [6, 6.07) is 6.74. The molecule has 0 aliphatic heterocycles. The first-order chi connectivity index (χ1) is 15.7. The molecule has 0 radical (unpaired) electrons. The van der Waals surface area contributed by atoms with Gasteiger partial charge in [0.2, 0.25) is 0 Å². The minimum atomic E-state index is 0.911. The number of benzene rings is 1. The second-order valence-electron chi connectivity index (χ2n) is 10.2. The van der Waals surface area contributed by atoms with Crippen LogP contribution in [0.15, 0.2) is 12.1 Å². The Morgan fingerprint density at radius 2 is 0.938 bits per heavy atom. The molecule has 1 aromatic rings. The molecule has 0 spiro atoms. The van der Waals surface area contributed by atoms with Crippen LogP contribution in [-0.4, -0.2) is 0 Å². The van der Waals surface area contributed by atoms with E-state index in [4.69, 9.17) is 0 Å². The fraction of sp³-hybridized carbons (Fsp3) is 0.774. The van der Waals surface area contributed by atoms with Crippen molar-refractivity contribution in [2.75, 3.05) is 0 Å². The Balaban J connectivity index is 1.83. The van der Waals surface area contributed by atoms with Gasteiger partial charge in [-0.3, -0.25) is 0 Å². The van der Waals surface area contributed by atoms with E-state index in [0.29, 0.717) is 0 Å². The van der Waals surface area contributed by atoms with Crippen molar-refractivity contribution >= 4 is 0 Å². The number of rotatable bonds is 21. The smallest absolute Gasteiger partial charge is 0.0997 e. The predicted octanol–water partition coefficient (Wildman–Crippen LogP) is 10.5. The summed E-state index contributed by atoms with van der Waals surface area (Å²) < 4.78 is 0. The van der Waals surface area contributed by atoms with Crippen LogP contribution in [0.2, 0.25) is 0 Å². The van der Waals surface area contributed by atoms with Gasteiger partial charge in [0.1, 0.15) is 0 Å². The molecule has 0 N–H and O–H groups in total. The van der Waals surface area contributed by atoms with E-state index in [1.54, 1.807) is 0 Å². The van der Waals surface area contributed by atoms with Gasteiger partial charge in [-0.25, -0.2) is 0 Å². The zero-order valence-electron chi connectivity index (χ0n) is 22.0. The van der Waals surface area contributed by atoms with Gasteiger partial charge in [-0.1, -0.05) is 147 Å². The normalized spacial score (nSPS) is 11.1. The third-order valence-electron chi connectivity index (χ3n) is 6.97. The van der Waals surface area contributed by atoms with Crippen LogP contribution in [0.3, 0.4) is 0 Å². The highest BCUT2D eigenvalue weighted by Crippen LogP contribution is 2.20. The zero-order chi connectivity index (χ0) is 23.3. The average molecular weight is 440 g/mol. The molecular formula is C31H53N. The van der Waals surface area contributed by atoms with Crippen molar-refractivity contribution in [3.63, 3.8) is 0 Å². The van der Waals surface area contributed by atoms with Gasteiger partial charge >= 0.3 is 0 Å². The highest BCUT2D eigenvalue weighted by molar-refractivity contribution is 5.46. The molecule has 0 aliphatic carbocycles. The van der Waals surface area contributed by atoms with Crippen LogP contribution in [-0.2, 0) is 6.42 Å². The van der Waals surface area contributed by atoms with Crippen molar-refractivity contribution in [3.8, 4) is 6.07 Å². The monoisotopic (exact) mass is 439 g/mol. The highest BCUT2D eigenvalue weighted by atomic mass is 14.3. The van der Waals surface area contributed by atoms with E-state index in [0.717, 1.165) is 17.5 Å². The third-order valence-corrected chi connectivity index (χ3v) is 6.97. The van der Waals surface area contributed by atoms with Gasteiger partial charge in [-0.2, -0.15) is 5.26 Å². The lowest BCUT2D eigenvalue weighted by atomic mass is 9.95. The summed E-state index contributed by atoms with van der Waals surface area (Å²) in [5, 5.41) is 9.41. The lowest BCUT2D eigenvalue weighted by Gasteiger charge is -2.08. The Kier molecular flexibility index (Phi) is 18.3. The summed E-state index contributed by atoms with van der Waals surface area (Å²) in [6.45, 7) is 6.49. The minimum absolute atomic E-state index is 0.911. The lowest BCUT2D eigenvalue weighted by Crippen LogP contribution is -1.95. The summed E-state index contributed by atoms with van der Waals surface area (Å²) in [5.74, 6) is 0. The maximum atomic E-state index is 9.41. The number of hydrogen-bond donors (Lipinski definition) is 0. The molecule has 1 heteroatoms. The Labute approximate surface area is 201 Å². The van der Waals surface area contributed by atoms with E-state index < -0.39 is 0 Å². The molecule has 32 heavy (non-hydrogen) atoms. The van der Waals surface area contributed by atoms with E-state index >= 15 is 0 Å². The number of unbranched alkanes of at least 4 members (excludes halogenated alkanes) is 19. The fourth-order valence-corrected chi connectivity index (χ4v) is 4.98. The first kappa shape index (κ1) is 28.7. The molecule has 0 unspecified atom stereocenters. The molecule has 1 nitrogen and oxygen atoms in total. The van der Waals surface area contributed by atoms with E-state index in [-0.39, 0.29) is 0 Å². The van der Waals surface area contributed by atoms with Gasteiger partial charge in [0, 0.05) is 0 Å². The standard InChI is InChI=1S/C31H53N/c1-4-5-6-7-8-9-10-11-12-13-14-15-16-17-18-19-20-21-22-23-24-30-26-28(2)25-29(3)31(30)27-32/h25-26H,4-24H2,1-3H3. The maximum absolute atomic E-state index is 9.41. The summed E-state index contributed by atoms with van der Waals surface area (Å²) in [7, 11) is 0. The molecule has 182 valence electrons. The van der Waals surface area contributed by atoms with Crippen molar-refractivity contribution in [3.05, 3.63) is 34.4 Å². The predicted molar refractivity (Wildman–Crippen MR) is 142 cm³/mol. The SMILES string of the molecule is CCCCCCCCCCCCCCCCCCCCCCc1cc(C)cc(C)c1C#N. The average Bonchev–Trinajstić information content (AvgIpc) is 2.77. The van der Waals surface area contributed by atoms with Crippen LogP contribution in [0.1, 0.15) is 158 Å². The van der Waals surface area contributed by atoms with Gasteiger partial charge in [0.05, 0.1) is 11.6 Å². The number of nitrogens with zero attached hydrogens (tertiary/aromatic N) is 1.